The molecular weight excluding hydrogens is 425 g/mol. The van der Waals surface area contributed by atoms with Gasteiger partial charge in [-0.2, -0.15) is 0 Å². The maximum Gasteiger partial charge on any atom is 0.315 e. The summed E-state index contributed by atoms with van der Waals surface area (Å²) in [5.74, 6) is 1.83. The third-order valence-electron chi connectivity index (χ3n) is 6.31. The van der Waals surface area contributed by atoms with Crippen molar-refractivity contribution < 1.29 is 9.53 Å². The van der Waals surface area contributed by atoms with Gasteiger partial charge < -0.3 is 15.0 Å². The summed E-state index contributed by atoms with van der Waals surface area (Å²) in [6.07, 6.45) is 4.85. The minimum atomic E-state index is -0.475. The predicted molar refractivity (Wildman–Crippen MR) is 119 cm³/mol. The Balaban J connectivity index is 0.00000128. The lowest BCUT2D eigenvalue weighted by Gasteiger charge is -2.26. The van der Waals surface area contributed by atoms with Gasteiger partial charge in [0.1, 0.15) is 16.9 Å². The number of fused-ring (bicyclic) bond motifs is 2. The lowest BCUT2D eigenvalue weighted by Crippen LogP contribution is -2.41. The molecule has 1 N–H and O–H groups in total. The molecule has 0 saturated carbocycles. The number of nitrogens with zero attached hydrogens (tertiary/aromatic N) is 4. The van der Waals surface area contributed by atoms with Crippen LogP contribution in [0.2, 0.25) is 0 Å². The molecule has 7 nitrogen and oxygen atoms in total. The predicted octanol–water partition coefficient (Wildman–Crippen LogP) is 2.46. The lowest BCUT2D eigenvalue weighted by molar-refractivity contribution is -0.154. The van der Waals surface area contributed by atoms with Gasteiger partial charge in [0.2, 0.25) is 0 Å². The van der Waals surface area contributed by atoms with Crippen LogP contribution in [0.25, 0.3) is 11.5 Å². The van der Waals surface area contributed by atoms with Gasteiger partial charge in [0.05, 0.1) is 6.61 Å². The monoisotopic (exact) mass is 451 g/mol. The number of rotatable bonds is 4. The van der Waals surface area contributed by atoms with Crippen LogP contribution in [0, 0.1) is 11.3 Å². The molecule has 3 aliphatic rings. The van der Waals surface area contributed by atoms with Gasteiger partial charge in [-0.25, -0.2) is 9.97 Å². The highest BCUT2D eigenvalue weighted by Crippen LogP contribution is 2.43. The molecule has 0 spiro atoms. The van der Waals surface area contributed by atoms with E-state index >= 15 is 0 Å². The van der Waals surface area contributed by atoms with Gasteiger partial charge in [0, 0.05) is 49.6 Å². The van der Waals surface area contributed by atoms with E-state index in [0.717, 1.165) is 49.6 Å². The quantitative estimate of drug-likeness (QED) is 0.714. The molecule has 2 atom stereocenters. The standard InChI is InChI=1S/C21H25N5O2.2ClH/c1-2-28-20(27)21-12-22-10-14(21)11-26(13-21)19-15-6-5-8-16(15)24-18(25-19)17-7-3-4-9-23-17;;/h3-4,7,9,14,22H,2,5-6,8,10-13H2,1H3;2*1H/t14-,21-;;/m0../s1. The zero-order valence-corrected chi connectivity index (χ0v) is 18.6. The molecule has 5 rings (SSSR count). The SMILES string of the molecule is CCOC(=O)[C@]12CNC[C@H]1CN(c1nc(-c3ccccn3)nc3c1CCC3)C2.Cl.Cl. The Hall–Kier alpha value is -1.96. The van der Waals surface area contributed by atoms with Gasteiger partial charge in [-0.3, -0.25) is 9.78 Å². The highest BCUT2D eigenvalue weighted by molar-refractivity contribution is 5.85. The Bertz CT molecular complexity index is 914. The summed E-state index contributed by atoms with van der Waals surface area (Å²) in [7, 11) is 0. The van der Waals surface area contributed by atoms with Gasteiger partial charge in [-0.1, -0.05) is 6.07 Å². The molecule has 2 aromatic heterocycles. The Morgan fingerprint density at radius 1 is 1.30 bits per heavy atom. The minimum absolute atomic E-state index is 0. The average Bonchev–Trinajstić information content (AvgIpc) is 3.42. The number of halogens is 2. The van der Waals surface area contributed by atoms with Crippen LogP contribution in [0.15, 0.2) is 24.4 Å². The molecule has 0 amide bonds. The van der Waals surface area contributed by atoms with Gasteiger partial charge >= 0.3 is 5.97 Å². The molecule has 2 aromatic rings. The van der Waals surface area contributed by atoms with Crippen molar-refractivity contribution in [2.24, 2.45) is 11.3 Å². The highest BCUT2D eigenvalue weighted by atomic mass is 35.5. The Morgan fingerprint density at radius 3 is 2.93 bits per heavy atom. The first-order valence-electron chi connectivity index (χ1n) is 10.2. The molecule has 2 aliphatic heterocycles. The van der Waals surface area contributed by atoms with Crippen molar-refractivity contribution in [1.82, 2.24) is 20.3 Å². The van der Waals surface area contributed by atoms with Gasteiger partial charge in [0.15, 0.2) is 5.82 Å². The van der Waals surface area contributed by atoms with E-state index in [1.165, 1.54) is 5.56 Å². The maximum atomic E-state index is 12.8. The molecule has 2 fully saturated rings. The first-order chi connectivity index (χ1) is 13.7. The summed E-state index contributed by atoms with van der Waals surface area (Å²) in [5.41, 5.74) is 2.69. The van der Waals surface area contributed by atoms with E-state index in [2.05, 4.69) is 15.2 Å². The molecule has 1 aliphatic carbocycles. The number of carbonyl (C=O) groups excluding carboxylic acids is 1. The van der Waals surface area contributed by atoms with E-state index in [4.69, 9.17) is 14.7 Å². The second kappa shape index (κ2) is 9.04. The summed E-state index contributed by atoms with van der Waals surface area (Å²) in [5, 5.41) is 3.40. The number of nitrogens with one attached hydrogen (secondary N) is 1. The van der Waals surface area contributed by atoms with Crippen LogP contribution in [0.1, 0.15) is 24.6 Å². The summed E-state index contributed by atoms with van der Waals surface area (Å²) in [6, 6.07) is 5.80. The lowest BCUT2D eigenvalue weighted by atomic mass is 9.81. The van der Waals surface area contributed by atoms with Crippen LogP contribution in [-0.4, -0.2) is 53.7 Å². The molecule has 0 unspecified atom stereocenters. The molecule has 9 heteroatoms. The van der Waals surface area contributed by atoms with Crippen molar-refractivity contribution >= 4 is 36.6 Å². The summed E-state index contributed by atoms with van der Waals surface area (Å²) in [4.78, 5) is 29.3. The summed E-state index contributed by atoms with van der Waals surface area (Å²) >= 11 is 0. The summed E-state index contributed by atoms with van der Waals surface area (Å²) < 4.78 is 5.45. The normalized spacial score (nSPS) is 23.9. The number of hydrogen-bond acceptors (Lipinski definition) is 7. The fourth-order valence-corrected chi connectivity index (χ4v) is 4.93. The minimum Gasteiger partial charge on any atom is -0.465 e. The molecule has 2 saturated heterocycles. The fourth-order valence-electron chi connectivity index (χ4n) is 4.93. The number of anilines is 1. The zero-order valence-electron chi connectivity index (χ0n) is 17.0. The fraction of sp³-hybridized carbons (Fsp3) is 0.524. The molecule has 4 heterocycles. The molecule has 0 aromatic carbocycles. The Kier molecular flexibility index (Phi) is 6.84. The van der Waals surface area contributed by atoms with Gasteiger partial charge in [-0.05, 0) is 38.3 Å². The van der Waals surface area contributed by atoms with Crippen LogP contribution in [0.5, 0.6) is 0 Å². The average molecular weight is 452 g/mol. The zero-order chi connectivity index (χ0) is 19.1. The molecule has 0 radical (unpaired) electrons. The first-order valence-corrected chi connectivity index (χ1v) is 10.2. The van der Waals surface area contributed by atoms with Crippen molar-refractivity contribution in [3.8, 4) is 11.5 Å². The van der Waals surface area contributed by atoms with Crippen molar-refractivity contribution in [3.05, 3.63) is 35.7 Å². The maximum absolute atomic E-state index is 12.8. The van der Waals surface area contributed by atoms with Gasteiger partial charge in [0.25, 0.3) is 0 Å². The number of carbonyl (C=O) groups is 1. The largest absolute Gasteiger partial charge is 0.465 e. The van der Waals surface area contributed by atoms with Crippen molar-refractivity contribution in [1.29, 1.82) is 0 Å². The third-order valence-corrected chi connectivity index (χ3v) is 6.31. The Labute approximate surface area is 188 Å². The number of hydrogen-bond donors (Lipinski definition) is 1. The van der Waals surface area contributed by atoms with E-state index < -0.39 is 5.41 Å². The number of esters is 1. The summed E-state index contributed by atoms with van der Waals surface area (Å²) in [6.45, 7) is 5.27. The van der Waals surface area contributed by atoms with Crippen LogP contribution in [-0.2, 0) is 22.4 Å². The molecule has 0 bridgehead atoms. The second-order valence-corrected chi connectivity index (χ2v) is 7.95. The van der Waals surface area contributed by atoms with Crippen LogP contribution in [0.4, 0.5) is 5.82 Å². The van der Waals surface area contributed by atoms with Gasteiger partial charge in [-0.15, -0.1) is 24.8 Å². The van der Waals surface area contributed by atoms with E-state index in [-0.39, 0.29) is 36.7 Å². The molecule has 162 valence electrons. The number of aromatic nitrogens is 3. The topological polar surface area (TPSA) is 80.2 Å². The van der Waals surface area contributed by atoms with Crippen molar-refractivity contribution in [3.63, 3.8) is 0 Å². The van der Waals surface area contributed by atoms with E-state index in [1.807, 2.05) is 25.1 Å². The third kappa shape index (κ3) is 3.63. The van der Waals surface area contributed by atoms with E-state index in [9.17, 15) is 4.79 Å². The van der Waals surface area contributed by atoms with Crippen molar-refractivity contribution in [2.45, 2.75) is 26.2 Å². The number of pyridine rings is 1. The van der Waals surface area contributed by atoms with E-state index in [1.54, 1.807) is 6.20 Å². The second-order valence-electron chi connectivity index (χ2n) is 7.95. The Morgan fingerprint density at radius 2 is 2.17 bits per heavy atom. The first kappa shape index (κ1) is 22.7. The number of ether oxygens (including phenoxy) is 1. The van der Waals surface area contributed by atoms with E-state index in [0.29, 0.717) is 25.5 Å². The highest BCUT2D eigenvalue weighted by Gasteiger charge is 2.56. The van der Waals surface area contributed by atoms with Crippen LogP contribution >= 0.6 is 24.8 Å². The van der Waals surface area contributed by atoms with Crippen LogP contribution < -0.4 is 10.2 Å². The molecular formula is C21H27Cl2N5O2. The smallest absolute Gasteiger partial charge is 0.315 e. The number of aryl methyl sites for hydroxylation is 1. The van der Waals surface area contributed by atoms with Crippen LogP contribution in [0.3, 0.4) is 0 Å². The molecule has 30 heavy (non-hydrogen) atoms. The van der Waals surface area contributed by atoms with Crippen molar-refractivity contribution in [2.75, 3.05) is 37.7 Å².